The van der Waals surface area contributed by atoms with Crippen LogP contribution < -0.4 is 4.74 Å². The molecular formula is C17H20BrNO3S. The van der Waals surface area contributed by atoms with Crippen LogP contribution in [0, 0.1) is 0 Å². The van der Waals surface area contributed by atoms with Crippen LogP contribution in [0.4, 0.5) is 0 Å². The van der Waals surface area contributed by atoms with Gasteiger partial charge in [-0.3, -0.25) is 0 Å². The summed E-state index contributed by atoms with van der Waals surface area (Å²) < 4.78 is 32.4. The third kappa shape index (κ3) is 4.13. The van der Waals surface area contributed by atoms with Gasteiger partial charge in [0.1, 0.15) is 5.75 Å². The average Bonchev–Trinajstić information content (AvgIpc) is 2.55. The Labute approximate surface area is 146 Å². The van der Waals surface area contributed by atoms with Gasteiger partial charge in [-0.1, -0.05) is 31.2 Å². The van der Waals surface area contributed by atoms with E-state index >= 15 is 0 Å². The molecule has 0 aromatic heterocycles. The van der Waals surface area contributed by atoms with Crippen molar-refractivity contribution in [2.75, 3.05) is 14.2 Å². The molecule has 0 amide bonds. The molecule has 0 saturated heterocycles. The fourth-order valence-electron chi connectivity index (χ4n) is 2.21. The molecule has 4 nitrogen and oxygen atoms in total. The van der Waals surface area contributed by atoms with Crippen LogP contribution in [0.1, 0.15) is 18.1 Å². The number of nitrogens with zero attached hydrogens (tertiary/aromatic N) is 1. The van der Waals surface area contributed by atoms with Gasteiger partial charge in [0, 0.05) is 13.6 Å². The van der Waals surface area contributed by atoms with E-state index in [2.05, 4.69) is 22.9 Å². The lowest BCUT2D eigenvalue weighted by molar-refractivity contribution is 0.411. The molecule has 0 atom stereocenters. The second kappa shape index (κ2) is 7.47. The van der Waals surface area contributed by atoms with Gasteiger partial charge in [0.2, 0.25) is 10.0 Å². The van der Waals surface area contributed by atoms with Crippen molar-refractivity contribution < 1.29 is 13.2 Å². The Hall–Kier alpha value is -1.37. The number of hydrogen-bond donors (Lipinski definition) is 0. The second-order valence-corrected chi connectivity index (χ2v) is 8.13. The average molecular weight is 398 g/mol. The highest BCUT2D eigenvalue weighted by Gasteiger charge is 2.22. The quantitative estimate of drug-likeness (QED) is 0.743. The third-order valence-electron chi connectivity index (χ3n) is 3.67. The molecule has 0 fully saturated rings. The first-order chi connectivity index (χ1) is 10.9. The molecule has 0 heterocycles. The van der Waals surface area contributed by atoms with Crippen LogP contribution in [0.15, 0.2) is 51.8 Å². The SMILES string of the molecule is CCc1ccc(CN(C)S(=O)(=O)c2ccc(OC)c(Br)c2)cc1. The van der Waals surface area contributed by atoms with Crippen molar-refractivity contribution >= 4 is 26.0 Å². The maximum Gasteiger partial charge on any atom is 0.243 e. The van der Waals surface area contributed by atoms with Gasteiger partial charge in [0.15, 0.2) is 0 Å². The summed E-state index contributed by atoms with van der Waals surface area (Å²) in [5.74, 6) is 0.599. The fraction of sp³-hybridized carbons (Fsp3) is 0.294. The van der Waals surface area contributed by atoms with Gasteiger partial charge in [0.05, 0.1) is 16.5 Å². The minimum absolute atomic E-state index is 0.234. The zero-order chi connectivity index (χ0) is 17.0. The summed E-state index contributed by atoms with van der Waals surface area (Å²) in [6.07, 6.45) is 0.967. The lowest BCUT2D eigenvalue weighted by Crippen LogP contribution is -2.26. The van der Waals surface area contributed by atoms with E-state index in [0.29, 0.717) is 16.8 Å². The fourth-order valence-corrected chi connectivity index (χ4v) is 4.09. The van der Waals surface area contributed by atoms with Gasteiger partial charge in [0.25, 0.3) is 0 Å². The summed E-state index contributed by atoms with van der Waals surface area (Å²) in [5, 5.41) is 0. The highest BCUT2D eigenvalue weighted by atomic mass is 79.9. The summed E-state index contributed by atoms with van der Waals surface area (Å²) >= 11 is 3.32. The Balaban J connectivity index is 2.22. The van der Waals surface area contributed by atoms with E-state index in [1.54, 1.807) is 32.4 Å². The third-order valence-corrected chi connectivity index (χ3v) is 6.09. The largest absolute Gasteiger partial charge is 0.496 e. The molecule has 0 aliphatic rings. The number of halogens is 1. The second-order valence-electron chi connectivity index (χ2n) is 5.23. The molecule has 0 radical (unpaired) electrons. The first-order valence-corrected chi connectivity index (χ1v) is 9.49. The molecule has 0 aliphatic carbocycles. The molecule has 2 aromatic carbocycles. The number of aryl methyl sites for hydroxylation is 1. The molecule has 0 unspecified atom stereocenters. The molecule has 6 heteroatoms. The summed E-state index contributed by atoms with van der Waals surface area (Å²) in [5.41, 5.74) is 2.19. The molecule has 0 bridgehead atoms. The summed E-state index contributed by atoms with van der Waals surface area (Å²) in [7, 11) is -0.426. The molecule has 23 heavy (non-hydrogen) atoms. The predicted molar refractivity (Wildman–Crippen MR) is 95.2 cm³/mol. The van der Waals surface area contributed by atoms with Crippen molar-refractivity contribution in [2.24, 2.45) is 0 Å². The Morgan fingerprint density at radius 2 is 1.70 bits per heavy atom. The van der Waals surface area contributed by atoms with E-state index in [0.717, 1.165) is 12.0 Å². The van der Waals surface area contributed by atoms with Crippen LogP contribution in [-0.4, -0.2) is 26.9 Å². The van der Waals surface area contributed by atoms with Crippen molar-refractivity contribution in [1.82, 2.24) is 4.31 Å². The monoisotopic (exact) mass is 397 g/mol. The number of methoxy groups -OCH3 is 1. The topological polar surface area (TPSA) is 46.6 Å². The first-order valence-electron chi connectivity index (χ1n) is 7.26. The van der Waals surface area contributed by atoms with Gasteiger partial charge in [-0.25, -0.2) is 8.42 Å². The van der Waals surface area contributed by atoms with Gasteiger partial charge >= 0.3 is 0 Å². The van der Waals surface area contributed by atoms with Crippen molar-refractivity contribution in [1.29, 1.82) is 0 Å². The summed E-state index contributed by atoms with van der Waals surface area (Å²) in [4.78, 5) is 0.234. The van der Waals surface area contributed by atoms with Crippen molar-refractivity contribution in [3.63, 3.8) is 0 Å². The van der Waals surface area contributed by atoms with E-state index in [1.807, 2.05) is 24.3 Å². The molecule has 0 saturated carbocycles. The lowest BCUT2D eigenvalue weighted by atomic mass is 10.1. The highest BCUT2D eigenvalue weighted by molar-refractivity contribution is 9.10. The van der Waals surface area contributed by atoms with Gasteiger partial charge in [-0.05, 0) is 51.7 Å². The van der Waals surface area contributed by atoms with Crippen LogP contribution in [0.3, 0.4) is 0 Å². The normalized spacial score (nSPS) is 11.7. The van der Waals surface area contributed by atoms with Crippen LogP contribution in [-0.2, 0) is 23.0 Å². The number of ether oxygens (including phenoxy) is 1. The number of benzene rings is 2. The standard InChI is InChI=1S/C17H20BrNO3S/c1-4-13-5-7-14(8-6-13)12-19(2)23(20,21)15-9-10-17(22-3)16(18)11-15/h5-11H,4,12H2,1-3H3. The van der Waals surface area contributed by atoms with Crippen LogP contribution in [0.2, 0.25) is 0 Å². The van der Waals surface area contributed by atoms with Crippen molar-refractivity contribution in [3.8, 4) is 5.75 Å². The zero-order valence-electron chi connectivity index (χ0n) is 13.4. The number of sulfonamides is 1. The minimum atomic E-state index is -3.55. The van der Waals surface area contributed by atoms with E-state index in [4.69, 9.17) is 4.74 Å². The van der Waals surface area contributed by atoms with E-state index in [-0.39, 0.29) is 4.90 Å². The van der Waals surface area contributed by atoms with Crippen LogP contribution in [0.5, 0.6) is 5.75 Å². The Bertz CT molecular complexity index is 773. The highest BCUT2D eigenvalue weighted by Crippen LogP contribution is 2.28. The first kappa shape index (κ1) is 18.0. The summed E-state index contributed by atoms with van der Waals surface area (Å²) in [6.45, 7) is 2.42. The van der Waals surface area contributed by atoms with Gasteiger partial charge in [-0.15, -0.1) is 0 Å². The zero-order valence-corrected chi connectivity index (χ0v) is 15.8. The van der Waals surface area contributed by atoms with Crippen LogP contribution >= 0.6 is 15.9 Å². The molecular weight excluding hydrogens is 378 g/mol. The minimum Gasteiger partial charge on any atom is -0.496 e. The maximum atomic E-state index is 12.7. The Morgan fingerprint density at radius 1 is 1.09 bits per heavy atom. The molecule has 2 aromatic rings. The van der Waals surface area contributed by atoms with Crippen molar-refractivity contribution in [3.05, 3.63) is 58.1 Å². The number of rotatable bonds is 6. The Morgan fingerprint density at radius 3 is 2.22 bits per heavy atom. The lowest BCUT2D eigenvalue weighted by Gasteiger charge is -2.18. The van der Waals surface area contributed by atoms with Gasteiger partial charge < -0.3 is 4.74 Å². The number of hydrogen-bond acceptors (Lipinski definition) is 3. The van der Waals surface area contributed by atoms with E-state index in [9.17, 15) is 8.42 Å². The van der Waals surface area contributed by atoms with Crippen molar-refractivity contribution in [2.45, 2.75) is 24.8 Å². The van der Waals surface area contributed by atoms with E-state index in [1.165, 1.54) is 9.87 Å². The smallest absolute Gasteiger partial charge is 0.243 e. The van der Waals surface area contributed by atoms with E-state index < -0.39 is 10.0 Å². The van der Waals surface area contributed by atoms with Crippen LogP contribution in [0.25, 0.3) is 0 Å². The molecule has 124 valence electrons. The van der Waals surface area contributed by atoms with Gasteiger partial charge in [-0.2, -0.15) is 4.31 Å². The summed E-state index contributed by atoms with van der Waals surface area (Å²) in [6, 6.07) is 12.7. The molecule has 2 rings (SSSR count). The molecule has 0 N–H and O–H groups in total. The molecule has 0 aliphatic heterocycles. The molecule has 0 spiro atoms. The maximum absolute atomic E-state index is 12.7. The predicted octanol–water partition coefficient (Wildman–Crippen LogP) is 3.84. The Kier molecular flexibility index (Phi) is 5.84.